The predicted octanol–water partition coefficient (Wildman–Crippen LogP) is 7.35. The van der Waals surface area contributed by atoms with Crippen molar-refractivity contribution in [2.24, 2.45) is 4.99 Å². The molecule has 0 atom stereocenters. The molecular formula is C29H24N4O3S2. The van der Waals surface area contributed by atoms with Gasteiger partial charge in [-0.3, -0.25) is 14.9 Å². The highest BCUT2D eigenvalue weighted by Gasteiger charge is 2.24. The van der Waals surface area contributed by atoms with Crippen molar-refractivity contribution in [2.45, 2.75) is 30.6 Å². The summed E-state index contributed by atoms with van der Waals surface area (Å²) in [5.74, 6) is -0.154. The summed E-state index contributed by atoms with van der Waals surface area (Å²) in [6.07, 6.45) is 1.91. The van der Waals surface area contributed by atoms with Crippen molar-refractivity contribution in [3.63, 3.8) is 0 Å². The molecule has 1 aromatic heterocycles. The van der Waals surface area contributed by atoms with E-state index in [0.717, 1.165) is 43.7 Å². The van der Waals surface area contributed by atoms with Crippen LogP contribution in [0, 0.1) is 30.9 Å². The number of benzene rings is 3. The first kappa shape index (κ1) is 25.6. The third kappa shape index (κ3) is 5.58. The van der Waals surface area contributed by atoms with Crippen molar-refractivity contribution in [1.82, 2.24) is 9.88 Å². The molecule has 190 valence electrons. The van der Waals surface area contributed by atoms with E-state index in [2.05, 4.69) is 20.9 Å². The van der Waals surface area contributed by atoms with Gasteiger partial charge in [-0.2, -0.15) is 0 Å². The van der Waals surface area contributed by atoms with Crippen LogP contribution in [0.2, 0.25) is 0 Å². The second-order valence-corrected chi connectivity index (χ2v) is 11.0. The normalized spacial score (nSPS) is 15.3. The highest BCUT2D eigenvalue weighted by molar-refractivity contribution is 8.18. The standard InChI is InChI=1S/C29H24N4O3S2/c1-18-5-4-6-22(15-18)30-29-31-28(34)27(38-29)17-21-16-19(2)32(20(21)3)23-7-11-25(12-8-23)37-26-13-9-24(10-14-26)33(35)36/h4-17H,1-3H3,(H,30,31,34)/b27-17+. The lowest BCUT2D eigenvalue weighted by atomic mass is 10.2. The first-order valence-electron chi connectivity index (χ1n) is 11.8. The number of carbonyl (C=O) groups is 1. The van der Waals surface area contributed by atoms with Gasteiger partial charge in [0.2, 0.25) is 0 Å². The number of aromatic nitrogens is 1. The summed E-state index contributed by atoms with van der Waals surface area (Å²) in [6, 6.07) is 24.6. The Balaban J connectivity index is 1.34. The van der Waals surface area contributed by atoms with Crippen molar-refractivity contribution in [1.29, 1.82) is 0 Å². The van der Waals surface area contributed by atoms with Gasteiger partial charge in [0.05, 0.1) is 15.5 Å². The van der Waals surface area contributed by atoms with E-state index in [9.17, 15) is 14.9 Å². The van der Waals surface area contributed by atoms with E-state index in [4.69, 9.17) is 0 Å². The van der Waals surface area contributed by atoms with Crippen molar-refractivity contribution in [3.05, 3.63) is 116 Å². The van der Waals surface area contributed by atoms with Crippen LogP contribution in [-0.4, -0.2) is 20.6 Å². The Morgan fingerprint density at radius 2 is 1.66 bits per heavy atom. The molecule has 1 fully saturated rings. The molecule has 2 heterocycles. The Morgan fingerprint density at radius 1 is 0.974 bits per heavy atom. The predicted molar refractivity (Wildman–Crippen MR) is 154 cm³/mol. The van der Waals surface area contributed by atoms with E-state index in [0.29, 0.717) is 10.1 Å². The number of carbonyl (C=O) groups excluding carboxylic acids is 1. The number of thioether (sulfide) groups is 1. The van der Waals surface area contributed by atoms with Gasteiger partial charge < -0.3 is 9.88 Å². The van der Waals surface area contributed by atoms with Gasteiger partial charge in [0.25, 0.3) is 11.6 Å². The minimum absolute atomic E-state index is 0.0808. The van der Waals surface area contributed by atoms with Crippen LogP contribution in [0.15, 0.2) is 98.6 Å². The lowest BCUT2D eigenvalue weighted by Crippen LogP contribution is -2.19. The quantitative estimate of drug-likeness (QED) is 0.157. The molecule has 0 bridgehead atoms. The van der Waals surface area contributed by atoms with Gasteiger partial charge in [-0.05, 0) is 104 Å². The van der Waals surface area contributed by atoms with Gasteiger partial charge in [0.1, 0.15) is 0 Å². The van der Waals surface area contributed by atoms with Crippen molar-refractivity contribution < 1.29 is 9.72 Å². The maximum atomic E-state index is 12.6. The van der Waals surface area contributed by atoms with E-state index in [-0.39, 0.29) is 11.6 Å². The number of amides is 1. The Bertz CT molecular complexity index is 1600. The van der Waals surface area contributed by atoms with Crippen LogP contribution in [0.3, 0.4) is 0 Å². The van der Waals surface area contributed by atoms with E-state index >= 15 is 0 Å². The number of non-ortho nitro benzene ring substituents is 1. The zero-order valence-electron chi connectivity index (χ0n) is 21.0. The van der Waals surface area contributed by atoms with Gasteiger partial charge in [0.15, 0.2) is 5.17 Å². The average molecular weight is 541 g/mol. The van der Waals surface area contributed by atoms with Crippen LogP contribution in [0.5, 0.6) is 0 Å². The van der Waals surface area contributed by atoms with Crippen LogP contribution in [0.4, 0.5) is 11.4 Å². The molecule has 0 radical (unpaired) electrons. The number of hydrogen-bond donors (Lipinski definition) is 1. The highest BCUT2D eigenvalue weighted by atomic mass is 32.2. The summed E-state index contributed by atoms with van der Waals surface area (Å²) in [6.45, 7) is 6.09. The second-order valence-electron chi connectivity index (χ2n) is 8.83. The Morgan fingerprint density at radius 3 is 2.32 bits per heavy atom. The molecule has 1 aliphatic rings. The van der Waals surface area contributed by atoms with Crippen LogP contribution < -0.4 is 5.32 Å². The zero-order valence-corrected chi connectivity index (χ0v) is 22.6. The van der Waals surface area contributed by atoms with Gasteiger partial charge >= 0.3 is 0 Å². The first-order chi connectivity index (χ1) is 18.3. The van der Waals surface area contributed by atoms with Gasteiger partial charge in [0, 0.05) is 39.0 Å². The number of nitro benzene ring substituents is 1. The van der Waals surface area contributed by atoms with E-state index in [1.165, 1.54) is 23.9 Å². The Kier molecular flexibility index (Phi) is 7.22. The molecule has 0 aliphatic carbocycles. The number of hydrogen-bond acceptors (Lipinski definition) is 6. The molecule has 3 aromatic carbocycles. The average Bonchev–Trinajstić information content (AvgIpc) is 3.37. The summed E-state index contributed by atoms with van der Waals surface area (Å²) < 4.78 is 2.16. The molecule has 1 N–H and O–H groups in total. The molecule has 0 saturated carbocycles. The maximum Gasteiger partial charge on any atom is 0.269 e. The molecule has 0 unspecified atom stereocenters. The topological polar surface area (TPSA) is 89.5 Å². The summed E-state index contributed by atoms with van der Waals surface area (Å²) in [5, 5.41) is 14.3. The third-order valence-corrected chi connectivity index (χ3v) is 7.94. The molecule has 4 aromatic rings. The van der Waals surface area contributed by atoms with Crippen LogP contribution in [0.25, 0.3) is 11.8 Å². The van der Waals surface area contributed by atoms with E-state index < -0.39 is 4.92 Å². The van der Waals surface area contributed by atoms with Crippen LogP contribution in [-0.2, 0) is 4.79 Å². The summed E-state index contributed by atoms with van der Waals surface area (Å²) in [5.41, 5.74) is 6.08. The second kappa shape index (κ2) is 10.7. The Hall–Kier alpha value is -4.08. The lowest BCUT2D eigenvalue weighted by molar-refractivity contribution is -0.384. The molecule has 5 rings (SSSR count). The molecule has 1 amide bonds. The number of nitro groups is 1. The molecule has 38 heavy (non-hydrogen) atoms. The fraction of sp³-hybridized carbons (Fsp3) is 0.103. The van der Waals surface area contributed by atoms with Crippen molar-refractivity contribution in [3.8, 4) is 5.69 Å². The molecule has 7 nitrogen and oxygen atoms in total. The minimum Gasteiger partial charge on any atom is -0.318 e. The zero-order chi connectivity index (χ0) is 26.8. The summed E-state index contributed by atoms with van der Waals surface area (Å²) >= 11 is 2.89. The number of nitrogens with one attached hydrogen (secondary N) is 1. The lowest BCUT2D eigenvalue weighted by Gasteiger charge is -2.11. The Labute approximate surface area is 228 Å². The third-order valence-electron chi connectivity index (χ3n) is 6.02. The van der Waals surface area contributed by atoms with Crippen molar-refractivity contribution in [2.75, 3.05) is 0 Å². The molecule has 1 aliphatic heterocycles. The minimum atomic E-state index is -0.398. The molecule has 1 saturated heterocycles. The fourth-order valence-corrected chi connectivity index (χ4v) is 5.85. The van der Waals surface area contributed by atoms with Crippen LogP contribution in [0.1, 0.15) is 22.5 Å². The van der Waals surface area contributed by atoms with Gasteiger partial charge in [-0.25, -0.2) is 4.99 Å². The highest BCUT2D eigenvalue weighted by Crippen LogP contribution is 2.32. The SMILES string of the molecule is Cc1cccc(N=C2NC(=O)/C(=C\c3cc(C)n(-c4ccc(Sc5ccc([N+](=O)[O-])cc5)cc4)c3C)S2)c1. The van der Waals surface area contributed by atoms with E-state index in [1.54, 1.807) is 23.9 Å². The van der Waals surface area contributed by atoms with Gasteiger partial charge in [-0.15, -0.1) is 0 Å². The fourth-order valence-electron chi connectivity index (χ4n) is 4.20. The maximum absolute atomic E-state index is 12.6. The number of nitrogens with zero attached hydrogens (tertiary/aromatic N) is 3. The molecule has 0 spiro atoms. The number of aliphatic imine (C=N–C) groups is 1. The monoisotopic (exact) mass is 540 g/mol. The number of aryl methyl sites for hydroxylation is 2. The van der Waals surface area contributed by atoms with Gasteiger partial charge in [-0.1, -0.05) is 23.9 Å². The smallest absolute Gasteiger partial charge is 0.269 e. The van der Waals surface area contributed by atoms with Crippen molar-refractivity contribution >= 4 is 52.0 Å². The van der Waals surface area contributed by atoms with E-state index in [1.807, 2.05) is 75.4 Å². The van der Waals surface area contributed by atoms with Crippen LogP contribution >= 0.6 is 23.5 Å². The first-order valence-corrected chi connectivity index (χ1v) is 13.5. The molecule has 9 heteroatoms. The number of amidine groups is 1. The summed E-state index contributed by atoms with van der Waals surface area (Å²) in [7, 11) is 0. The number of rotatable bonds is 6. The molecular weight excluding hydrogens is 516 g/mol. The largest absolute Gasteiger partial charge is 0.318 e. The summed E-state index contributed by atoms with van der Waals surface area (Å²) in [4.78, 5) is 30.3.